The molecule has 0 bridgehead atoms. The Morgan fingerprint density at radius 3 is 2.39 bits per heavy atom. The van der Waals surface area contributed by atoms with Gasteiger partial charge in [-0.3, -0.25) is 15.0 Å². The first-order valence-electron chi connectivity index (χ1n) is 9.28. The lowest BCUT2D eigenvalue weighted by atomic mass is 10.2. The first kappa shape index (κ1) is 20.3. The molecule has 2 saturated heterocycles. The summed E-state index contributed by atoms with van der Waals surface area (Å²) in [6.45, 7) is 8.22. The number of imide groups is 1. The zero-order chi connectivity index (χ0) is 20.5. The van der Waals surface area contributed by atoms with Gasteiger partial charge in [0, 0.05) is 44.8 Å². The Hall–Kier alpha value is -2.48. The number of anilines is 2. The van der Waals surface area contributed by atoms with Gasteiger partial charge >= 0.3 is 12.1 Å². The highest BCUT2D eigenvalue weighted by Crippen LogP contribution is 2.32. The maximum Gasteiger partial charge on any atom is 0.410 e. The number of ether oxygens (including phenoxy) is 1. The largest absolute Gasteiger partial charge is 0.444 e. The first-order chi connectivity index (χ1) is 13.1. The molecule has 0 spiro atoms. The van der Waals surface area contributed by atoms with E-state index in [9.17, 15) is 14.4 Å². The number of nitrogens with zero attached hydrogens (tertiary/aromatic N) is 3. The van der Waals surface area contributed by atoms with E-state index in [0.29, 0.717) is 43.4 Å². The Morgan fingerprint density at radius 2 is 1.79 bits per heavy atom. The molecule has 1 N–H and O–H groups in total. The van der Waals surface area contributed by atoms with E-state index in [0.717, 1.165) is 5.69 Å². The molecule has 152 valence electrons. The van der Waals surface area contributed by atoms with E-state index in [1.807, 2.05) is 32.9 Å². The van der Waals surface area contributed by atoms with Gasteiger partial charge in [-0.15, -0.1) is 0 Å². The molecule has 2 heterocycles. The summed E-state index contributed by atoms with van der Waals surface area (Å²) in [5.74, 6) is -0.285. The summed E-state index contributed by atoms with van der Waals surface area (Å²) in [6.07, 6.45) is -0.0699. The van der Waals surface area contributed by atoms with Crippen LogP contribution in [0.4, 0.5) is 21.0 Å². The van der Waals surface area contributed by atoms with Crippen LogP contribution in [-0.2, 0) is 9.53 Å². The van der Waals surface area contributed by atoms with Crippen molar-refractivity contribution in [1.29, 1.82) is 0 Å². The van der Waals surface area contributed by atoms with E-state index in [-0.39, 0.29) is 18.4 Å². The monoisotopic (exact) mass is 408 g/mol. The average molecular weight is 409 g/mol. The van der Waals surface area contributed by atoms with Gasteiger partial charge in [-0.2, -0.15) is 0 Å². The lowest BCUT2D eigenvalue weighted by Gasteiger charge is -2.37. The number of carbonyl (C=O) groups is 3. The number of halogens is 1. The summed E-state index contributed by atoms with van der Waals surface area (Å²) in [6, 6.07) is 5.02. The van der Waals surface area contributed by atoms with Gasteiger partial charge < -0.3 is 14.5 Å². The van der Waals surface area contributed by atoms with Crippen molar-refractivity contribution in [3.8, 4) is 0 Å². The molecular formula is C19H25ClN4O4. The van der Waals surface area contributed by atoms with Crippen LogP contribution < -0.4 is 15.1 Å². The predicted octanol–water partition coefficient (Wildman–Crippen LogP) is 2.84. The molecule has 4 amide bonds. The van der Waals surface area contributed by atoms with Crippen LogP contribution in [0.2, 0.25) is 5.02 Å². The van der Waals surface area contributed by atoms with Gasteiger partial charge in [0.2, 0.25) is 5.91 Å². The highest BCUT2D eigenvalue weighted by atomic mass is 35.5. The first-order valence-corrected chi connectivity index (χ1v) is 9.65. The second kappa shape index (κ2) is 7.87. The zero-order valence-electron chi connectivity index (χ0n) is 16.3. The lowest BCUT2D eigenvalue weighted by molar-refractivity contribution is -0.120. The third-order valence-electron chi connectivity index (χ3n) is 4.57. The molecule has 0 radical (unpaired) electrons. The van der Waals surface area contributed by atoms with Crippen molar-refractivity contribution in [1.82, 2.24) is 10.2 Å². The van der Waals surface area contributed by atoms with Crippen LogP contribution in [0.15, 0.2) is 18.2 Å². The van der Waals surface area contributed by atoms with Gasteiger partial charge in [0.05, 0.1) is 10.7 Å². The molecule has 3 rings (SSSR count). The number of amides is 4. The molecule has 0 aromatic heterocycles. The smallest absolute Gasteiger partial charge is 0.410 e. The van der Waals surface area contributed by atoms with E-state index in [4.69, 9.17) is 16.3 Å². The molecular weight excluding hydrogens is 384 g/mol. The van der Waals surface area contributed by atoms with Gasteiger partial charge in [0.25, 0.3) is 0 Å². The van der Waals surface area contributed by atoms with Crippen LogP contribution in [0.5, 0.6) is 0 Å². The highest BCUT2D eigenvalue weighted by molar-refractivity contribution is 6.34. The van der Waals surface area contributed by atoms with Crippen LogP contribution in [-0.4, -0.2) is 61.3 Å². The third-order valence-corrected chi connectivity index (χ3v) is 4.89. The summed E-state index contributed by atoms with van der Waals surface area (Å²) < 4.78 is 5.43. The topological polar surface area (TPSA) is 82.2 Å². The normalized spacial score (nSPS) is 18.2. The van der Waals surface area contributed by atoms with E-state index in [1.54, 1.807) is 11.0 Å². The molecule has 0 saturated carbocycles. The Labute approximate surface area is 169 Å². The van der Waals surface area contributed by atoms with E-state index < -0.39 is 11.6 Å². The van der Waals surface area contributed by atoms with Crippen molar-refractivity contribution < 1.29 is 19.1 Å². The van der Waals surface area contributed by atoms with Crippen molar-refractivity contribution in [3.05, 3.63) is 23.2 Å². The van der Waals surface area contributed by atoms with Gasteiger partial charge in [-0.05, 0) is 39.0 Å². The molecule has 0 aliphatic carbocycles. The zero-order valence-corrected chi connectivity index (χ0v) is 17.1. The average Bonchev–Trinajstić information content (AvgIpc) is 2.61. The summed E-state index contributed by atoms with van der Waals surface area (Å²) in [5.41, 5.74) is 0.960. The van der Waals surface area contributed by atoms with E-state index >= 15 is 0 Å². The second-order valence-electron chi connectivity index (χ2n) is 7.85. The number of hydrogen-bond acceptors (Lipinski definition) is 5. The SMILES string of the molecule is CC(C)(C)OC(=O)N1CCN(c2ccc(Cl)c(N3CCC(=O)NC3=O)c2)CC1. The fourth-order valence-electron chi connectivity index (χ4n) is 3.17. The van der Waals surface area contributed by atoms with Crippen molar-refractivity contribution >= 4 is 41.0 Å². The molecule has 2 aliphatic heterocycles. The van der Waals surface area contributed by atoms with Crippen molar-refractivity contribution in [2.45, 2.75) is 32.8 Å². The Bertz CT molecular complexity index is 785. The fourth-order valence-corrected chi connectivity index (χ4v) is 3.39. The fraction of sp³-hybridized carbons (Fsp3) is 0.526. The van der Waals surface area contributed by atoms with E-state index in [2.05, 4.69) is 10.2 Å². The number of hydrogen-bond donors (Lipinski definition) is 1. The molecule has 1 aromatic carbocycles. The Kier molecular flexibility index (Phi) is 5.69. The number of piperazine rings is 1. The molecule has 0 unspecified atom stereocenters. The van der Waals surface area contributed by atoms with Gasteiger partial charge in [0.15, 0.2) is 0 Å². The van der Waals surface area contributed by atoms with E-state index in [1.165, 1.54) is 4.90 Å². The Balaban J connectivity index is 1.68. The van der Waals surface area contributed by atoms with Crippen molar-refractivity contribution in [3.63, 3.8) is 0 Å². The lowest BCUT2D eigenvalue weighted by Crippen LogP contribution is -2.50. The second-order valence-corrected chi connectivity index (χ2v) is 8.25. The molecule has 28 heavy (non-hydrogen) atoms. The quantitative estimate of drug-likeness (QED) is 0.813. The summed E-state index contributed by atoms with van der Waals surface area (Å²) in [7, 11) is 0. The number of rotatable bonds is 2. The van der Waals surface area contributed by atoms with Crippen molar-refractivity contribution in [2.24, 2.45) is 0 Å². The summed E-state index contributed by atoms with van der Waals surface area (Å²) >= 11 is 6.30. The van der Waals surface area contributed by atoms with Gasteiger partial charge in [-0.1, -0.05) is 11.6 Å². The highest BCUT2D eigenvalue weighted by Gasteiger charge is 2.28. The predicted molar refractivity (Wildman–Crippen MR) is 107 cm³/mol. The van der Waals surface area contributed by atoms with Crippen LogP contribution in [0.1, 0.15) is 27.2 Å². The van der Waals surface area contributed by atoms with Crippen LogP contribution in [0.3, 0.4) is 0 Å². The molecule has 2 fully saturated rings. The molecule has 8 nitrogen and oxygen atoms in total. The molecule has 9 heteroatoms. The Morgan fingerprint density at radius 1 is 1.11 bits per heavy atom. The number of carbonyl (C=O) groups excluding carboxylic acids is 3. The maximum atomic E-state index is 12.2. The number of nitrogens with one attached hydrogen (secondary N) is 1. The summed E-state index contributed by atoms with van der Waals surface area (Å²) in [4.78, 5) is 41.0. The number of urea groups is 1. The maximum absolute atomic E-state index is 12.2. The van der Waals surface area contributed by atoms with Gasteiger partial charge in [0.1, 0.15) is 5.60 Å². The standard InChI is InChI=1S/C19H25ClN4O4/c1-19(2,3)28-18(27)23-10-8-22(9-11-23)13-4-5-14(20)15(12-13)24-7-6-16(25)21-17(24)26/h4-5,12H,6-11H2,1-3H3,(H,21,25,26). The summed E-state index contributed by atoms with van der Waals surface area (Å²) in [5, 5.41) is 2.75. The van der Waals surface area contributed by atoms with Crippen molar-refractivity contribution in [2.75, 3.05) is 42.5 Å². The minimum Gasteiger partial charge on any atom is -0.444 e. The molecule has 1 aromatic rings. The van der Waals surface area contributed by atoms with Crippen LogP contribution in [0.25, 0.3) is 0 Å². The van der Waals surface area contributed by atoms with Crippen LogP contribution in [0, 0.1) is 0 Å². The third kappa shape index (κ3) is 4.67. The van der Waals surface area contributed by atoms with Gasteiger partial charge in [-0.25, -0.2) is 9.59 Å². The minimum atomic E-state index is -0.518. The van der Waals surface area contributed by atoms with Crippen LogP contribution >= 0.6 is 11.6 Å². The molecule has 0 atom stereocenters. The number of benzene rings is 1. The molecule has 2 aliphatic rings. The minimum absolute atomic E-state index is 0.237.